The second kappa shape index (κ2) is 14.4. The third kappa shape index (κ3) is 6.38. The van der Waals surface area contributed by atoms with Gasteiger partial charge in [0.25, 0.3) is 6.33 Å². The molecule has 8 aromatic rings. The molecule has 7 aromatic carbocycles. The monoisotopic (exact) mass is 836 g/mol. The summed E-state index contributed by atoms with van der Waals surface area (Å²) >= 11 is 0. The summed E-state index contributed by atoms with van der Waals surface area (Å²) in [7, 11) is 3.96. The van der Waals surface area contributed by atoms with Gasteiger partial charge >= 0.3 is 21.1 Å². The van der Waals surface area contributed by atoms with Gasteiger partial charge in [-0.2, -0.15) is 12.1 Å². The molecule has 1 heterocycles. The van der Waals surface area contributed by atoms with Crippen molar-refractivity contribution in [1.29, 1.82) is 0 Å². The zero-order valence-electron chi connectivity index (χ0n) is 36.9. The van der Waals surface area contributed by atoms with E-state index >= 15 is 0 Å². The molecular weight excluding hydrogens is 794 g/mol. The number of fused-ring (bicyclic) bond motifs is 1. The quantitative estimate of drug-likeness (QED) is 0.112. The molecular formula is C45H33N3OPt+2. The molecule has 242 valence electrons. The van der Waals surface area contributed by atoms with Crippen molar-refractivity contribution in [2.75, 3.05) is 19.0 Å². The number of para-hydroxylation sites is 4. The van der Waals surface area contributed by atoms with Crippen LogP contribution in [-0.4, -0.2) is 18.7 Å². The van der Waals surface area contributed by atoms with Crippen LogP contribution >= 0.6 is 0 Å². The van der Waals surface area contributed by atoms with Gasteiger partial charge in [0.2, 0.25) is 0 Å². The van der Waals surface area contributed by atoms with Gasteiger partial charge in [-0.05, 0) is 34.0 Å². The maximum Gasteiger partial charge on any atom is 4.00 e. The molecule has 0 saturated carbocycles. The standard InChI is InChI=1S/C45H33N3O.Pt/c1-46(2)42-27-10-9-24-39(42)35-20-13-22-37(30-35)49-38-23-14-21-36(31-38)47-32-48(44-29-12-11-28-43(44)47)45-40(33-16-5-3-6-17-33)25-15-26-41(45)34-18-7-4-8-19-34;/h3-29H,1-2H3;/q-2;+4/i3D,4D,5D,6D,7D,8D,16D,17D,18D,19D;. The average Bonchev–Trinajstić information content (AvgIpc) is 3.63. The molecule has 0 spiro atoms. The van der Waals surface area contributed by atoms with E-state index in [4.69, 9.17) is 18.4 Å². The Morgan fingerprint density at radius 3 is 1.90 bits per heavy atom. The fourth-order valence-corrected chi connectivity index (χ4v) is 5.86. The largest absolute Gasteiger partial charge is 4.00 e. The normalized spacial score (nSPS) is 13.6. The molecule has 0 amide bonds. The Kier molecular flexibility index (Phi) is 6.59. The molecule has 0 atom stereocenters. The molecule has 4 nitrogen and oxygen atoms in total. The summed E-state index contributed by atoms with van der Waals surface area (Å²) in [6.45, 7) is 0. The molecule has 0 saturated heterocycles. The summed E-state index contributed by atoms with van der Waals surface area (Å²) in [6.07, 6.45) is 3.37. The van der Waals surface area contributed by atoms with E-state index in [9.17, 15) is 0 Å². The first-order valence-electron chi connectivity index (χ1n) is 20.5. The first-order valence-corrected chi connectivity index (χ1v) is 15.5. The Hall–Kier alpha value is -5.70. The Morgan fingerprint density at radius 2 is 1.20 bits per heavy atom. The maximum absolute atomic E-state index is 8.92. The number of imidazole rings is 1. The molecule has 1 aromatic heterocycles. The first kappa shape index (κ1) is 22.8. The fourth-order valence-electron chi connectivity index (χ4n) is 5.86. The molecule has 0 N–H and O–H groups in total. The zero-order valence-corrected chi connectivity index (χ0v) is 29.2. The summed E-state index contributed by atoms with van der Waals surface area (Å²) in [5.41, 5.74) is 4.77. The predicted octanol–water partition coefficient (Wildman–Crippen LogP) is 10.2. The minimum absolute atomic E-state index is 0. The number of ether oxygens (including phenoxy) is 1. The van der Waals surface area contributed by atoms with Gasteiger partial charge in [-0.3, -0.25) is 4.57 Å². The van der Waals surface area contributed by atoms with Crippen molar-refractivity contribution in [3.05, 3.63) is 182 Å². The van der Waals surface area contributed by atoms with Gasteiger partial charge < -0.3 is 14.2 Å². The van der Waals surface area contributed by atoms with Crippen LogP contribution in [0, 0.1) is 18.5 Å². The SMILES string of the molecule is [2H]c1c([2H])c([2H])c(-c2cccc(-c3c([2H])c([2H])c([2H])c([2H])c3[2H])c2-[n+]2[c-]n(-c3[c-]c(Oc4[c-]c(-c5ccccc5N(C)C)ccc4)ccc3)c3ccccc32)c([2H])c1[2H].[Pt+4]. The maximum atomic E-state index is 8.92. The Labute approximate surface area is 321 Å². The molecule has 0 bridgehead atoms. The second-order valence-electron chi connectivity index (χ2n) is 11.3. The summed E-state index contributed by atoms with van der Waals surface area (Å²) in [4.78, 5) is 2.04. The van der Waals surface area contributed by atoms with E-state index in [0.717, 1.165) is 16.8 Å². The number of aromatic nitrogens is 2. The van der Waals surface area contributed by atoms with E-state index in [1.54, 1.807) is 51.6 Å². The van der Waals surface area contributed by atoms with Crippen LogP contribution in [0.4, 0.5) is 5.69 Å². The minimum atomic E-state index is -0.566. The number of nitrogens with zero attached hydrogens (tertiary/aromatic N) is 3. The van der Waals surface area contributed by atoms with Crippen molar-refractivity contribution < 1.29 is 44.1 Å². The average molecular weight is 837 g/mol. The van der Waals surface area contributed by atoms with Gasteiger partial charge in [-0.15, -0.1) is 35.9 Å². The van der Waals surface area contributed by atoms with Crippen molar-refractivity contribution in [3.8, 4) is 56.3 Å². The van der Waals surface area contributed by atoms with Crippen LogP contribution in [-0.2, 0) is 21.1 Å². The van der Waals surface area contributed by atoms with Crippen molar-refractivity contribution >= 4 is 16.7 Å². The van der Waals surface area contributed by atoms with Gasteiger partial charge in [-0.25, -0.2) is 0 Å². The van der Waals surface area contributed by atoms with Gasteiger partial charge in [0.1, 0.15) is 0 Å². The summed E-state index contributed by atoms with van der Waals surface area (Å²) in [5.74, 6) is 0.852. The topological polar surface area (TPSA) is 21.3 Å². The number of rotatable bonds is 8. The molecule has 0 aliphatic rings. The Bertz CT molecular complexity index is 2840. The predicted molar refractivity (Wildman–Crippen MR) is 198 cm³/mol. The van der Waals surface area contributed by atoms with Crippen LogP contribution in [0.15, 0.2) is 164 Å². The van der Waals surface area contributed by atoms with Crippen LogP contribution < -0.4 is 14.2 Å². The van der Waals surface area contributed by atoms with Crippen molar-refractivity contribution in [2.24, 2.45) is 0 Å². The summed E-state index contributed by atoms with van der Waals surface area (Å²) in [5, 5.41) is 0. The van der Waals surface area contributed by atoms with Crippen LogP contribution in [0.25, 0.3) is 55.8 Å². The Balaban J connectivity index is 0.00000544. The zero-order chi connectivity index (χ0) is 41.9. The first-order chi connectivity index (χ1) is 28.3. The second-order valence-corrected chi connectivity index (χ2v) is 11.3. The molecule has 0 radical (unpaired) electrons. The number of hydrogen-bond donors (Lipinski definition) is 0. The van der Waals surface area contributed by atoms with E-state index in [1.807, 2.05) is 79.7 Å². The molecule has 0 aliphatic heterocycles. The molecule has 0 aliphatic carbocycles. The van der Waals surface area contributed by atoms with Crippen LogP contribution in [0.2, 0.25) is 0 Å². The van der Waals surface area contributed by atoms with E-state index in [1.165, 1.54) is 0 Å². The number of anilines is 1. The third-order valence-electron chi connectivity index (χ3n) is 8.02. The van der Waals surface area contributed by atoms with E-state index in [2.05, 4.69) is 18.5 Å². The number of benzene rings is 7. The summed E-state index contributed by atoms with van der Waals surface area (Å²) in [6, 6.07) is 32.6. The van der Waals surface area contributed by atoms with E-state index < -0.39 is 60.4 Å². The van der Waals surface area contributed by atoms with Crippen molar-refractivity contribution in [2.45, 2.75) is 0 Å². The fraction of sp³-hybridized carbons (Fsp3) is 0.0444. The molecule has 5 heteroatoms. The smallest absolute Gasteiger partial charge is 0.503 e. The molecule has 0 fully saturated rings. The van der Waals surface area contributed by atoms with Gasteiger partial charge in [0.15, 0.2) is 0 Å². The molecule has 0 unspecified atom stereocenters. The van der Waals surface area contributed by atoms with Gasteiger partial charge in [0.05, 0.1) is 30.4 Å². The molecule has 8 rings (SSSR count). The van der Waals surface area contributed by atoms with E-state index in [0.29, 0.717) is 28.2 Å². The van der Waals surface area contributed by atoms with Crippen LogP contribution in [0.1, 0.15) is 13.7 Å². The van der Waals surface area contributed by atoms with Crippen LogP contribution in [0.3, 0.4) is 0 Å². The Morgan fingerprint density at radius 1 is 0.620 bits per heavy atom. The van der Waals surface area contributed by atoms with Gasteiger partial charge in [0, 0.05) is 31.3 Å². The number of hydrogen-bond acceptors (Lipinski definition) is 2. The van der Waals surface area contributed by atoms with Gasteiger partial charge in [-0.1, -0.05) is 133 Å². The summed E-state index contributed by atoms with van der Waals surface area (Å²) < 4.78 is 95.8. The van der Waals surface area contributed by atoms with E-state index in [-0.39, 0.29) is 49.0 Å². The third-order valence-corrected chi connectivity index (χ3v) is 8.02. The minimum Gasteiger partial charge on any atom is -0.503 e. The van der Waals surface area contributed by atoms with Crippen LogP contribution in [0.5, 0.6) is 11.5 Å². The molecule has 50 heavy (non-hydrogen) atoms. The van der Waals surface area contributed by atoms with Crippen molar-refractivity contribution in [3.63, 3.8) is 0 Å². The van der Waals surface area contributed by atoms with Crippen molar-refractivity contribution in [1.82, 2.24) is 4.57 Å².